The fourth-order valence-corrected chi connectivity index (χ4v) is 1.83. The predicted molar refractivity (Wildman–Crippen MR) is 58.8 cm³/mol. The van der Waals surface area contributed by atoms with Gasteiger partial charge in [0.15, 0.2) is 10.8 Å². The highest BCUT2D eigenvalue weighted by Gasteiger charge is 2.05. The maximum absolute atomic E-state index is 10.6. The van der Waals surface area contributed by atoms with Gasteiger partial charge in [0.1, 0.15) is 0 Å². The Hall–Kier alpha value is -1.27. The average molecular weight is 243 g/mol. The van der Waals surface area contributed by atoms with Crippen LogP contribution in [0.1, 0.15) is 0 Å². The van der Waals surface area contributed by atoms with Gasteiger partial charge in [-0.25, -0.2) is 9.97 Å². The van der Waals surface area contributed by atoms with Crippen molar-refractivity contribution in [2.24, 2.45) is 5.73 Å². The van der Waals surface area contributed by atoms with E-state index in [1.807, 2.05) is 0 Å². The number of hydrogen-bond donors (Lipinski definition) is 2. The van der Waals surface area contributed by atoms with Crippen LogP contribution in [0.2, 0.25) is 5.02 Å². The number of carbonyl (C=O) groups is 1. The summed E-state index contributed by atoms with van der Waals surface area (Å²) in [6.07, 6.45) is 1.52. The number of H-pyrrole nitrogens is 1. The normalized spacial score (nSPS) is 10.7. The van der Waals surface area contributed by atoms with E-state index < -0.39 is 0 Å². The summed E-state index contributed by atoms with van der Waals surface area (Å²) in [7, 11) is 0. The van der Waals surface area contributed by atoms with E-state index >= 15 is 0 Å². The second kappa shape index (κ2) is 4.08. The Morgan fingerprint density at radius 2 is 2.47 bits per heavy atom. The lowest BCUT2D eigenvalue weighted by molar-refractivity contribution is -0.115. The van der Waals surface area contributed by atoms with Gasteiger partial charge in [-0.05, 0) is 6.07 Å². The standard InChI is InChI=1S/C8H7ClN4OS/c9-4-1-5-7(11-2-4)13-8(12-5)15-3-6(10)14/h1-2H,3H2,(H2,10,14)(H,11,12,13). The monoisotopic (exact) mass is 242 g/mol. The van der Waals surface area contributed by atoms with Crippen molar-refractivity contribution in [2.75, 3.05) is 5.75 Å². The molecule has 2 aromatic rings. The number of rotatable bonds is 3. The Kier molecular flexibility index (Phi) is 2.79. The number of nitrogens with one attached hydrogen (secondary N) is 1. The highest BCUT2D eigenvalue weighted by Crippen LogP contribution is 2.19. The van der Waals surface area contributed by atoms with E-state index in [1.54, 1.807) is 6.07 Å². The summed E-state index contributed by atoms with van der Waals surface area (Å²) in [6.45, 7) is 0. The number of thioether (sulfide) groups is 1. The first kappa shape index (κ1) is 10.3. The van der Waals surface area contributed by atoms with E-state index in [0.29, 0.717) is 15.8 Å². The maximum atomic E-state index is 10.6. The van der Waals surface area contributed by atoms with Crippen molar-refractivity contribution in [3.8, 4) is 0 Å². The number of aromatic nitrogens is 3. The first-order chi connectivity index (χ1) is 7.15. The SMILES string of the molecule is NC(=O)CSc1nc2ncc(Cl)cc2[nH]1. The Labute approximate surface area is 94.4 Å². The maximum Gasteiger partial charge on any atom is 0.227 e. The Balaban J connectivity index is 2.27. The number of halogens is 1. The number of fused-ring (bicyclic) bond motifs is 1. The van der Waals surface area contributed by atoms with Crippen LogP contribution in [0, 0.1) is 0 Å². The topological polar surface area (TPSA) is 84.7 Å². The smallest absolute Gasteiger partial charge is 0.227 e. The first-order valence-corrected chi connectivity index (χ1v) is 5.44. The molecule has 0 bridgehead atoms. The zero-order valence-corrected chi connectivity index (χ0v) is 9.10. The molecular weight excluding hydrogens is 236 g/mol. The van der Waals surface area contributed by atoms with Crippen LogP contribution in [-0.4, -0.2) is 26.6 Å². The largest absolute Gasteiger partial charge is 0.369 e. The molecule has 0 aromatic carbocycles. The van der Waals surface area contributed by atoms with Gasteiger partial charge in [0.25, 0.3) is 0 Å². The average Bonchev–Trinajstić information content (AvgIpc) is 2.56. The molecule has 3 N–H and O–H groups in total. The van der Waals surface area contributed by atoms with Crippen molar-refractivity contribution in [2.45, 2.75) is 5.16 Å². The highest BCUT2D eigenvalue weighted by atomic mass is 35.5. The Bertz CT molecular complexity index is 512. The van der Waals surface area contributed by atoms with Crippen LogP contribution in [-0.2, 0) is 4.79 Å². The number of nitrogens with two attached hydrogens (primary N) is 1. The lowest BCUT2D eigenvalue weighted by Gasteiger charge is -1.90. The minimum atomic E-state index is -0.383. The number of pyridine rings is 1. The van der Waals surface area contributed by atoms with Gasteiger partial charge in [-0.15, -0.1) is 0 Å². The van der Waals surface area contributed by atoms with Gasteiger partial charge in [-0.1, -0.05) is 23.4 Å². The van der Waals surface area contributed by atoms with Gasteiger partial charge in [0, 0.05) is 6.20 Å². The number of aromatic amines is 1. The lowest BCUT2D eigenvalue weighted by atomic mass is 10.4. The minimum absolute atomic E-state index is 0.188. The molecule has 0 aliphatic rings. The number of hydrogen-bond acceptors (Lipinski definition) is 4. The van der Waals surface area contributed by atoms with Gasteiger partial charge < -0.3 is 10.7 Å². The molecule has 0 atom stereocenters. The molecule has 0 aliphatic carbocycles. The molecule has 1 amide bonds. The summed E-state index contributed by atoms with van der Waals surface area (Å²) >= 11 is 7.00. The van der Waals surface area contributed by atoms with E-state index in [2.05, 4.69) is 15.0 Å². The quantitative estimate of drug-likeness (QED) is 0.792. The van der Waals surface area contributed by atoms with Gasteiger partial charge in [-0.2, -0.15) is 0 Å². The van der Waals surface area contributed by atoms with E-state index in [4.69, 9.17) is 17.3 Å². The second-order valence-electron chi connectivity index (χ2n) is 2.82. The summed E-state index contributed by atoms with van der Waals surface area (Å²) in [6, 6.07) is 1.73. The molecule has 0 unspecified atom stereocenters. The molecule has 2 aromatic heterocycles. The zero-order chi connectivity index (χ0) is 10.8. The molecule has 0 spiro atoms. The van der Waals surface area contributed by atoms with E-state index in [9.17, 15) is 4.79 Å². The summed E-state index contributed by atoms with van der Waals surface area (Å²) < 4.78 is 0. The van der Waals surface area contributed by atoms with Crippen molar-refractivity contribution in [3.05, 3.63) is 17.3 Å². The van der Waals surface area contributed by atoms with Crippen molar-refractivity contribution in [3.63, 3.8) is 0 Å². The Morgan fingerprint density at radius 1 is 1.67 bits per heavy atom. The molecule has 0 saturated heterocycles. The molecule has 2 heterocycles. The molecule has 2 rings (SSSR count). The number of primary amides is 1. The van der Waals surface area contributed by atoms with Crippen LogP contribution < -0.4 is 5.73 Å². The summed E-state index contributed by atoms with van der Waals surface area (Å²) in [5, 5.41) is 1.15. The second-order valence-corrected chi connectivity index (χ2v) is 4.22. The number of imidazole rings is 1. The molecule has 0 radical (unpaired) electrons. The van der Waals surface area contributed by atoms with Gasteiger partial charge in [0.2, 0.25) is 5.91 Å². The fourth-order valence-electron chi connectivity index (χ4n) is 1.06. The first-order valence-electron chi connectivity index (χ1n) is 4.07. The molecule has 15 heavy (non-hydrogen) atoms. The fraction of sp³-hybridized carbons (Fsp3) is 0.125. The summed E-state index contributed by atoms with van der Waals surface area (Å²) in [5.41, 5.74) is 6.34. The number of nitrogens with zero attached hydrogens (tertiary/aromatic N) is 2. The van der Waals surface area contributed by atoms with Crippen LogP contribution >= 0.6 is 23.4 Å². The van der Waals surface area contributed by atoms with Gasteiger partial charge in [-0.3, -0.25) is 4.79 Å². The summed E-state index contributed by atoms with van der Waals surface area (Å²) in [5.74, 6) is -0.195. The Morgan fingerprint density at radius 3 is 3.20 bits per heavy atom. The van der Waals surface area contributed by atoms with Crippen LogP contribution in [0.4, 0.5) is 0 Å². The van der Waals surface area contributed by atoms with E-state index in [-0.39, 0.29) is 11.7 Å². The van der Waals surface area contributed by atoms with Crippen molar-refractivity contribution in [1.82, 2.24) is 15.0 Å². The molecule has 0 aliphatic heterocycles. The van der Waals surface area contributed by atoms with Crippen LogP contribution in [0.15, 0.2) is 17.4 Å². The van der Waals surface area contributed by atoms with Gasteiger partial charge in [0.05, 0.1) is 16.3 Å². The number of amides is 1. The third kappa shape index (κ3) is 2.40. The molecule has 78 valence electrons. The van der Waals surface area contributed by atoms with Crippen molar-refractivity contribution >= 4 is 40.4 Å². The minimum Gasteiger partial charge on any atom is -0.369 e. The molecule has 0 saturated carbocycles. The van der Waals surface area contributed by atoms with Crippen LogP contribution in [0.5, 0.6) is 0 Å². The summed E-state index contributed by atoms with van der Waals surface area (Å²) in [4.78, 5) is 21.7. The highest BCUT2D eigenvalue weighted by molar-refractivity contribution is 7.99. The van der Waals surface area contributed by atoms with Gasteiger partial charge >= 0.3 is 0 Å². The molecule has 5 nitrogen and oxygen atoms in total. The lowest BCUT2D eigenvalue weighted by Crippen LogP contribution is -2.13. The number of carbonyl (C=O) groups excluding carboxylic acids is 1. The predicted octanol–water partition coefficient (Wildman–Crippen LogP) is 1.19. The van der Waals surface area contributed by atoms with E-state index in [0.717, 1.165) is 5.52 Å². The van der Waals surface area contributed by atoms with E-state index in [1.165, 1.54) is 18.0 Å². The molecule has 0 fully saturated rings. The molecular formula is C8H7ClN4OS. The third-order valence-corrected chi connectivity index (χ3v) is 2.74. The zero-order valence-electron chi connectivity index (χ0n) is 7.53. The van der Waals surface area contributed by atoms with Crippen LogP contribution in [0.3, 0.4) is 0 Å². The van der Waals surface area contributed by atoms with Crippen LogP contribution in [0.25, 0.3) is 11.2 Å². The molecule has 7 heteroatoms. The van der Waals surface area contributed by atoms with Crippen molar-refractivity contribution < 1.29 is 4.79 Å². The van der Waals surface area contributed by atoms with Crippen molar-refractivity contribution in [1.29, 1.82) is 0 Å². The third-order valence-electron chi connectivity index (χ3n) is 1.63.